The molecule has 1 N–H and O–H groups in total. The van der Waals surface area contributed by atoms with Crippen LogP contribution in [-0.4, -0.2) is 16.0 Å². The molecule has 0 spiro atoms. The van der Waals surface area contributed by atoms with E-state index in [1.54, 1.807) is 18.3 Å². The van der Waals surface area contributed by atoms with Crippen molar-refractivity contribution >= 4 is 5.91 Å². The highest BCUT2D eigenvalue weighted by Gasteiger charge is 2.25. The number of amides is 1. The first-order valence-electron chi connectivity index (χ1n) is 8.63. The number of benzene rings is 1. The second-order valence-corrected chi connectivity index (χ2v) is 6.58. The number of fused-ring (bicyclic) bond motifs is 1. The third kappa shape index (κ3) is 3.45. The van der Waals surface area contributed by atoms with Crippen molar-refractivity contribution in [3.63, 3.8) is 0 Å². The molecular weight excluding hydrogens is 352 g/mol. The molecule has 1 amide bonds. The van der Waals surface area contributed by atoms with Crippen molar-refractivity contribution in [1.29, 1.82) is 0 Å². The molecule has 7 heteroatoms. The monoisotopic (exact) mass is 369 g/mol. The van der Waals surface area contributed by atoms with Crippen LogP contribution >= 0.6 is 0 Å². The van der Waals surface area contributed by atoms with Crippen LogP contribution in [0.3, 0.4) is 0 Å². The summed E-state index contributed by atoms with van der Waals surface area (Å²) >= 11 is 0. The number of carbonyl (C=O) groups is 1. The fraction of sp³-hybridized carbons (Fsp3) is 0.250. The number of carbonyl (C=O) groups excluding carboxylic acids is 1. The maximum atomic E-state index is 12.7. The molecule has 3 aromatic rings. The summed E-state index contributed by atoms with van der Waals surface area (Å²) in [6.07, 6.45) is 0.515. The highest BCUT2D eigenvalue weighted by Crippen LogP contribution is 2.35. The minimum atomic E-state index is -2.68. The first kappa shape index (κ1) is 17.3. The van der Waals surface area contributed by atoms with Gasteiger partial charge in [-0.3, -0.25) is 9.78 Å². The Hall–Kier alpha value is -3.09. The molecule has 0 fully saturated rings. The van der Waals surface area contributed by atoms with Gasteiger partial charge in [0.2, 0.25) is 5.76 Å². The van der Waals surface area contributed by atoms with Gasteiger partial charge in [-0.25, -0.2) is 8.78 Å². The van der Waals surface area contributed by atoms with E-state index in [0.717, 1.165) is 35.2 Å². The zero-order valence-corrected chi connectivity index (χ0v) is 14.6. The Balaban J connectivity index is 1.53. The lowest BCUT2D eigenvalue weighted by Gasteiger charge is -2.14. The van der Waals surface area contributed by atoms with Crippen LogP contribution in [0.4, 0.5) is 8.78 Å². The van der Waals surface area contributed by atoms with E-state index in [2.05, 4.69) is 20.0 Å². The molecule has 4 rings (SSSR count). The fourth-order valence-electron chi connectivity index (χ4n) is 3.38. The predicted molar refractivity (Wildman–Crippen MR) is 94.4 cm³/mol. The Morgan fingerprint density at radius 3 is 2.85 bits per heavy atom. The number of alkyl halides is 2. The van der Waals surface area contributed by atoms with Crippen molar-refractivity contribution in [2.75, 3.05) is 0 Å². The van der Waals surface area contributed by atoms with Gasteiger partial charge in [0.1, 0.15) is 5.69 Å². The number of nitrogens with zero attached hydrogens (tertiary/aromatic N) is 2. The topological polar surface area (TPSA) is 68.0 Å². The van der Waals surface area contributed by atoms with E-state index < -0.39 is 12.2 Å². The minimum absolute atomic E-state index is 0.0797. The Morgan fingerprint density at radius 1 is 1.26 bits per heavy atom. The van der Waals surface area contributed by atoms with Gasteiger partial charge in [0.05, 0.1) is 6.04 Å². The molecule has 1 aliphatic rings. The van der Waals surface area contributed by atoms with E-state index in [4.69, 9.17) is 0 Å². The average molecular weight is 369 g/mol. The summed E-state index contributed by atoms with van der Waals surface area (Å²) < 4.78 is 30.0. The quantitative estimate of drug-likeness (QED) is 0.740. The van der Waals surface area contributed by atoms with Crippen molar-refractivity contribution in [3.05, 3.63) is 70.7 Å². The Bertz CT molecular complexity index is 1000. The lowest BCUT2D eigenvalue weighted by Crippen LogP contribution is -2.27. The van der Waals surface area contributed by atoms with Gasteiger partial charge in [0, 0.05) is 29.1 Å². The number of hydrogen-bond donors (Lipinski definition) is 1. The molecule has 1 atom stereocenters. The van der Waals surface area contributed by atoms with Crippen LogP contribution in [0.5, 0.6) is 0 Å². The molecular formula is C20H17F2N3O2. The highest BCUT2D eigenvalue weighted by atomic mass is 19.3. The van der Waals surface area contributed by atoms with Crippen LogP contribution in [0.1, 0.15) is 51.8 Å². The molecule has 0 bridgehead atoms. The molecule has 1 aliphatic carbocycles. The Labute approximate surface area is 154 Å². The number of rotatable bonds is 4. The largest absolute Gasteiger partial charge is 0.355 e. The molecule has 2 heterocycles. The minimum Gasteiger partial charge on any atom is -0.355 e. The zero-order chi connectivity index (χ0) is 19.0. The summed E-state index contributed by atoms with van der Waals surface area (Å²) in [6, 6.07) is 10.3. The molecule has 1 aromatic carbocycles. The normalized spacial score (nSPS) is 15.8. The van der Waals surface area contributed by atoms with Gasteiger partial charge < -0.3 is 9.84 Å². The summed E-state index contributed by atoms with van der Waals surface area (Å²) in [5.41, 5.74) is 4.58. The van der Waals surface area contributed by atoms with E-state index in [-0.39, 0.29) is 11.9 Å². The van der Waals surface area contributed by atoms with Gasteiger partial charge in [0.15, 0.2) is 0 Å². The number of halogens is 2. The van der Waals surface area contributed by atoms with Crippen molar-refractivity contribution in [1.82, 2.24) is 15.5 Å². The van der Waals surface area contributed by atoms with Gasteiger partial charge in [-0.15, -0.1) is 0 Å². The molecule has 0 aliphatic heterocycles. The maximum absolute atomic E-state index is 12.7. The highest BCUT2D eigenvalue weighted by molar-refractivity contribution is 5.94. The van der Waals surface area contributed by atoms with E-state index in [1.165, 1.54) is 6.07 Å². The first-order valence-corrected chi connectivity index (χ1v) is 8.63. The number of pyridine rings is 1. The van der Waals surface area contributed by atoms with Crippen molar-refractivity contribution in [2.45, 2.75) is 32.2 Å². The smallest absolute Gasteiger partial charge is 0.298 e. The molecule has 5 nitrogen and oxygen atoms in total. The number of aryl methyl sites for hydroxylation is 2. The lowest BCUT2D eigenvalue weighted by molar-refractivity contribution is 0.0936. The molecule has 0 saturated carbocycles. The van der Waals surface area contributed by atoms with Gasteiger partial charge in [0.25, 0.3) is 12.3 Å². The number of nitrogens with one attached hydrogen (secondary N) is 1. The second-order valence-electron chi connectivity index (χ2n) is 6.58. The summed E-state index contributed by atoms with van der Waals surface area (Å²) in [6.45, 7) is 1.84. The standard InChI is InChI=1S/C20H17F2N3O2/c1-11-8-14(6-7-23-11)20(26)24-16-5-3-12-9-13(2-4-15(12)16)17-10-18(19(21)22)27-25-17/h2,4,6-10,16,19H,3,5H2,1H3,(H,24,26)/t16-/m1/s1. The van der Waals surface area contributed by atoms with Crippen LogP contribution in [0.15, 0.2) is 47.1 Å². The maximum Gasteiger partial charge on any atom is 0.298 e. The molecule has 27 heavy (non-hydrogen) atoms. The molecule has 0 saturated heterocycles. The second kappa shape index (κ2) is 6.90. The predicted octanol–water partition coefficient (Wildman–Crippen LogP) is 4.40. The molecule has 2 aromatic heterocycles. The van der Waals surface area contributed by atoms with Crippen molar-refractivity contribution < 1.29 is 18.1 Å². The van der Waals surface area contributed by atoms with Gasteiger partial charge in [-0.1, -0.05) is 17.3 Å². The van der Waals surface area contributed by atoms with Crippen LogP contribution in [0.2, 0.25) is 0 Å². The van der Waals surface area contributed by atoms with Crippen LogP contribution in [-0.2, 0) is 6.42 Å². The summed E-state index contributed by atoms with van der Waals surface area (Å²) in [5.74, 6) is -0.580. The van der Waals surface area contributed by atoms with Gasteiger partial charge >= 0.3 is 0 Å². The molecule has 138 valence electrons. The van der Waals surface area contributed by atoms with E-state index in [9.17, 15) is 13.6 Å². The van der Waals surface area contributed by atoms with Crippen LogP contribution < -0.4 is 5.32 Å². The van der Waals surface area contributed by atoms with Crippen LogP contribution in [0.25, 0.3) is 11.3 Å². The van der Waals surface area contributed by atoms with Crippen molar-refractivity contribution in [3.8, 4) is 11.3 Å². The lowest BCUT2D eigenvalue weighted by atomic mass is 10.0. The van der Waals surface area contributed by atoms with Crippen LogP contribution in [0, 0.1) is 6.92 Å². The Kier molecular flexibility index (Phi) is 4.43. The van der Waals surface area contributed by atoms with Gasteiger partial charge in [-0.2, -0.15) is 0 Å². The molecule has 0 radical (unpaired) electrons. The zero-order valence-electron chi connectivity index (χ0n) is 14.6. The number of aromatic nitrogens is 2. The van der Waals surface area contributed by atoms with Gasteiger partial charge in [-0.05, 0) is 49.1 Å². The molecule has 0 unspecified atom stereocenters. The number of hydrogen-bond acceptors (Lipinski definition) is 4. The third-order valence-electron chi connectivity index (χ3n) is 4.72. The Morgan fingerprint density at radius 2 is 2.11 bits per heavy atom. The average Bonchev–Trinajstić information content (AvgIpc) is 3.29. The van der Waals surface area contributed by atoms with E-state index >= 15 is 0 Å². The third-order valence-corrected chi connectivity index (χ3v) is 4.72. The summed E-state index contributed by atoms with van der Waals surface area (Å²) in [7, 11) is 0. The first-order chi connectivity index (χ1) is 13.0. The SMILES string of the molecule is Cc1cc(C(=O)N[C@@H]2CCc3cc(-c4cc(C(F)F)on4)ccc32)ccn1. The summed E-state index contributed by atoms with van der Waals surface area (Å²) in [5, 5.41) is 6.77. The fourth-order valence-corrected chi connectivity index (χ4v) is 3.38. The van der Waals surface area contributed by atoms with Crippen molar-refractivity contribution in [2.24, 2.45) is 0 Å². The summed E-state index contributed by atoms with van der Waals surface area (Å²) in [4.78, 5) is 16.6. The van der Waals surface area contributed by atoms with E-state index in [1.807, 2.05) is 25.1 Å². The van der Waals surface area contributed by atoms with E-state index in [0.29, 0.717) is 11.3 Å².